The monoisotopic (exact) mass is 376 g/mol. The van der Waals surface area contributed by atoms with Gasteiger partial charge in [0.15, 0.2) is 5.75 Å². The summed E-state index contributed by atoms with van der Waals surface area (Å²) in [5.74, 6) is -0.433. The molecule has 0 fully saturated rings. The Balaban J connectivity index is 2.75. The molecule has 0 N–H and O–H groups in total. The topological polar surface area (TPSA) is 35.5 Å². The summed E-state index contributed by atoms with van der Waals surface area (Å²) >= 11 is 29.5. The van der Waals surface area contributed by atoms with E-state index in [-0.39, 0.29) is 44.1 Å². The van der Waals surface area contributed by atoms with Gasteiger partial charge in [-0.25, -0.2) is 4.79 Å². The minimum Gasteiger partial charge on any atom is -0.487 e. The zero-order chi connectivity index (χ0) is 15.4. The fourth-order valence-corrected chi connectivity index (χ4v) is 2.34. The minimum atomic E-state index is -0.516. The normalized spacial score (nSPS) is 10.3. The molecule has 3 nitrogen and oxygen atoms in total. The maximum Gasteiger partial charge on any atom is 0.333 e. The van der Waals surface area contributed by atoms with Gasteiger partial charge in [0.2, 0.25) is 0 Å². The average molecular weight is 378 g/mol. The van der Waals surface area contributed by atoms with Gasteiger partial charge in [0.1, 0.15) is 23.3 Å². The highest BCUT2D eigenvalue weighted by Gasteiger charge is 2.20. The SMILES string of the molecule is C=C(C)C(=O)OCCOc1c(Cl)c(Cl)c(Cl)c(Cl)c1Cl. The molecule has 1 aromatic rings. The van der Waals surface area contributed by atoms with Crippen molar-refractivity contribution in [2.75, 3.05) is 13.2 Å². The van der Waals surface area contributed by atoms with E-state index in [9.17, 15) is 4.79 Å². The summed E-state index contributed by atoms with van der Waals surface area (Å²) in [7, 11) is 0. The average Bonchev–Trinajstić information content (AvgIpc) is 2.41. The smallest absolute Gasteiger partial charge is 0.333 e. The number of esters is 1. The predicted octanol–water partition coefficient (Wildman–Crippen LogP) is 5.45. The third kappa shape index (κ3) is 4.09. The molecule has 0 saturated heterocycles. The Morgan fingerprint density at radius 3 is 1.85 bits per heavy atom. The van der Waals surface area contributed by atoms with Crippen LogP contribution in [-0.4, -0.2) is 19.2 Å². The second kappa shape index (κ2) is 7.62. The van der Waals surface area contributed by atoms with Gasteiger partial charge < -0.3 is 9.47 Å². The number of ether oxygens (including phenoxy) is 2. The molecule has 0 spiro atoms. The first-order chi connectivity index (χ1) is 9.27. The van der Waals surface area contributed by atoms with Crippen LogP contribution >= 0.6 is 58.0 Å². The van der Waals surface area contributed by atoms with Gasteiger partial charge >= 0.3 is 5.97 Å². The molecule has 0 radical (unpaired) electrons. The standard InChI is InChI=1S/C12H9Cl5O3/c1-5(2)12(18)20-4-3-19-11-9(16)7(14)6(13)8(15)10(11)17/h1,3-4H2,2H3. The Labute approximate surface area is 141 Å². The van der Waals surface area contributed by atoms with Gasteiger partial charge in [0.25, 0.3) is 0 Å². The van der Waals surface area contributed by atoms with E-state index in [4.69, 9.17) is 67.5 Å². The lowest BCUT2D eigenvalue weighted by molar-refractivity contribution is -0.139. The van der Waals surface area contributed by atoms with Gasteiger partial charge in [-0.05, 0) is 6.92 Å². The molecule has 8 heteroatoms. The van der Waals surface area contributed by atoms with Gasteiger partial charge in [-0.2, -0.15) is 0 Å². The number of hydrogen-bond donors (Lipinski definition) is 0. The van der Waals surface area contributed by atoms with Crippen LogP contribution in [0, 0.1) is 0 Å². The van der Waals surface area contributed by atoms with E-state index in [2.05, 4.69) is 6.58 Å². The van der Waals surface area contributed by atoms with Crippen molar-refractivity contribution < 1.29 is 14.3 Å². The van der Waals surface area contributed by atoms with Crippen LogP contribution in [0.1, 0.15) is 6.92 Å². The molecular formula is C12H9Cl5O3. The Bertz CT molecular complexity index is 528. The van der Waals surface area contributed by atoms with Crippen molar-refractivity contribution in [1.82, 2.24) is 0 Å². The summed E-state index contributed by atoms with van der Waals surface area (Å²) in [6, 6.07) is 0. The molecule has 0 aliphatic carbocycles. The molecule has 0 heterocycles. The molecule has 0 bridgehead atoms. The summed E-state index contributed by atoms with van der Waals surface area (Å²) in [4.78, 5) is 11.2. The molecule has 0 aliphatic heterocycles. The molecule has 0 amide bonds. The maximum atomic E-state index is 11.2. The number of hydrogen-bond acceptors (Lipinski definition) is 3. The Kier molecular flexibility index (Phi) is 6.76. The molecule has 110 valence electrons. The molecule has 1 aromatic carbocycles. The van der Waals surface area contributed by atoms with Crippen molar-refractivity contribution in [1.29, 1.82) is 0 Å². The minimum absolute atomic E-state index is 0.00375. The molecule has 0 unspecified atom stereocenters. The van der Waals surface area contributed by atoms with Crippen LogP contribution in [0.5, 0.6) is 5.75 Å². The van der Waals surface area contributed by atoms with Gasteiger partial charge in [0.05, 0.1) is 15.1 Å². The fraction of sp³-hybridized carbons (Fsp3) is 0.250. The molecule has 0 aromatic heterocycles. The lowest BCUT2D eigenvalue weighted by Crippen LogP contribution is -2.12. The molecule has 0 aliphatic rings. The Hall–Kier alpha value is -0.320. The summed E-state index contributed by atoms with van der Waals surface area (Å²) in [6.45, 7) is 5.00. The van der Waals surface area contributed by atoms with Gasteiger partial charge in [-0.15, -0.1) is 0 Å². The van der Waals surface area contributed by atoms with Crippen molar-refractivity contribution in [3.05, 3.63) is 37.3 Å². The van der Waals surface area contributed by atoms with E-state index >= 15 is 0 Å². The number of benzene rings is 1. The van der Waals surface area contributed by atoms with Crippen molar-refractivity contribution in [3.63, 3.8) is 0 Å². The first kappa shape index (κ1) is 17.7. The zero-order valence-corrected chi connectivity index (χ0v) is 14.0. The third-order valence-electron chi connectivity index (χ3n) is 2.08. The number of rotatable bonds is 5. The van der Waals surface area contributed by atoms with Crippen LogP contribution in [0.3, 0.4) is 0 Å². The van der Waals surface area contributed by atoms with E-state index < -0.39 is 5.97 Å². The lowest BCUT2D eigenvalue weighted by Gasteiger charge is -2.13. The Morgan fingerprint density at radius 1 is 0.950 bits per heavy atom. The number of halogens is 5. The Morgan fingerprint density at radius 2 is 1.40 bits per heavy atom. The molecular weight excluding hydrogens is 369 g/mol. The van der Waals surface area contributed by atoms with Crippen molar-refractivity contribution in [3.8, 4) is 5.75 Å². The largest absolute Gasteiger partial charge is 0.487 e. The van der Waals surface area contributed by atoms with E-state index in [1.807, 2.05) is 0 Å². The fourth-order valence-electron chi connectivity index (χ4n) is 1.11. The zero-order valence-electron chi connectivity index (χ0n) is 10.2. The molecule has 1 rings (SSSR count). The first-order valence-electron chi connectivity index (χ1n) is 5.24. The highest BCUT2D eigenvalue weighted by molar-refractivity contribution is 6.55. The highest BCUT2D eigenvalue weighted by atomic mass is 35.5. The maximum absolute atomic E-state index is 11.2. The van der Waals surface area contributed by atoms with Crippen LogP contribution < -0.4 is 4.74 Å². The molecule has 0 saturated carbocycles. The first-order valence-corrected chi connectivity index (χ1v) is 7.13. The van der Waals surface area contributed by atoms with E-state index in [1.165, 1.54) is 6.92 Å². The van der Waals surface area contributed by atoms with Gasteiger partial charge in [0, 0.05) is 5.57 Å². The van der Waals surface area contributed by atoms with Crippen LogP contribution in [0.25, 0.3) is 0 Å². The third-order valence-corrected chi connectivity index (χ3v) is 4.32. The summed E-state index contributed by atoms with van der Waals surface area (Å²) in [6.07, 6.45) is 0. The predicted molar refractivity (Wildman–Crippen MR) is 82.8 cm³/mol. The quantitative estimate of drug-likeness (QED) is 0.225. The van der Waals surface area contributed by atoms with Crippen LogP contribution in [0.2, 0.25) is 25.1 Å². The van der Waals surface area contributed by atoms with Crippen LogP contribution in [0.15, 0.2) is 12.2 Å². The highest BCUT2D eigenvalue weighted by Crippen LogP contribution is 2.48. The molecule has 20 heavy (non-hydrogen) atoms. The summed E-state index contributed by atoms with van der Waals surface area (Å²) < 4.78 is 10.2. The van der Waals surface area contributed by atoms with Crippen LogP contribution in [-0.2, 0) is 9.53 Å². The summed E-state index contributed by atoms with van der Waals surface area (Å²) in [5.41, 5.74) is 0.290. The lowest BCUT2D eigenvalue weighted by atomic mass is 10.3. The number of carbonyl (C=O) groups excluding carboxylic acids is 1. The van der Waals surface area contributed by atoms with Crippen LogP contribution in [0.4, 0.5) is 0 Å². The summed E-state index contributed by atoms with van der Waals surface area (Å²) in [5, 5.41) is 0.201. The number of carbonyl (C=O) groups is 1. The second-order valence-corrected chi connectivity index (χ2v) is 5.55. The van der Waals surface area contributed by atoms with Crippen molar-refractivity contribution in [2.45, 2.75) is 6.92 Å². The van der Waals surface area contributed by atoms with Crippen molar-refractivity contribution in [2.24, 2.45) is 0 Å². The van der Waals surface area contributed by atoms with Gasteiger partial charge in [-0.1, -0.05) is 64.6 Å². The van der Waals surface area contributed by atoms with Gasteiger partial charge in [-0.3, -0.25) is 0 Å². The van der Waals surface area contributed by atoms with Crippen molar-refractivity contribution >= 4 is 64.0 Å². The second-order valence-electron chi connectivity index (χ2n) is 3.66. The van der Waals surface area contributed by atoms with E-state index in [1.54, 1.807) is 0 Å². The molecule has 0 atom stereocenters. The van der Waals surface area contributed by atoms with E-state index in [0.29, 0.717) is 5.57 Å². The van der Waals surface area contributed by atoms with E-state index in [0.717, 1.165) is 0 Å².